The van der Waals surface area contributed by atoms with Gasteiger partial charge in [0.2, 0.25) is 0 Å². The fraction of sp³-hybridized carbons (Fsp3) is 0.211. The van der Waals surface area contributed by atoms with E-state index in [0.717, 1.165) is 11.4 Å². The molecule has 0 N–H and O–H groups in total. The Kier molecular flexibility index (Phi) is 3.57. The van der Waals surface area contributed by atoms with E-state index < -0.39 is 0 Å². The number of likely N-dealkylation sites (N-methyl/N-ethyl adjacent to an activating group) is 1. The van der Waals surface area contributed by atoms with E-state index in [2.05, 4.69) is 30.9 Å². The molecule has 2 aromatic rings. The van der Waals surface area contributed by atoms with Crippen molar-refractivity contribution in [3.05, 3.63) is 76.5 Å². The Morgan fingerprint density at radius 3 is 2.36 bits per heavy atom. The van der Waals surface area contributed by atoms with E-state index in [-0.39, 0.29) is 11.2 Å². The first-order valence-corrected chi connectivity index (χ1v) is 7.64. The normalized spacial score (nSPS) is 17.6. The van der Waals surface area contributed by atoms with E-state index in [1.165, 1.54) is 5.56 Å². The molecule has 0 aromatic heterocycles. The Morgan fingerprint density at radius 2 is 1.73 bits per heavy atom. The predicted molar refractivity (Wildman–Crippen MR) is 91.7 cm³/mol. The van der Waals surface area contributed by atoms with Crippen LogP contribution in [0.3, 0.4) is 0 Å². The third kappa shape index (κ3) is 2.34. The van der Waals surface area contributed by atoms with Gasteiger partial charge in [0.15, 0.2) is 5.78 Å². The second-order valence-electron chi connectivity index (χ2n) is 6.10. The first-order chi connectivity index (χ1) is 10.4. The zero-order valence-corrected chi connectivity index (χ0v) is 13.7. The number of halogens is 1. The van der Waals surface area contributed by atoms with Crippen LogP contribution in [-0.4, -0.2) is 12.8 Å². The lowest BCUT2D eigenvalue weighted by Crippen LogP contribution is -2.24. The van der Waals surface area contributed by atoms with Crippen molar-refractivity contribution in [2.45, 2.75) is 19.3 Å². The average Bonchev–Trinajstić information content (AvgIpc) is 2.69. The SMILES string of the molecule is CN1/C(=C/C(=O)c2ccc(Cl)cc2)C(C)(C)c2ccccc21. The Bertz CT molecular complexity index is 759. The van der Waals surface area contributed by atoms with Crippen LogP contribution in [0.4, 0.5) is 5.69 Å². The smallest absolute Gasteiger partial charge is 0.187 e. The summed E-state index contributed by atoms with van der Waals surface area (Å²) in [5.41, 5.74) is 3.87. The van der Waals surface area contributed by atoms with E-state index in [0.29, 0.717) is 10.6 Å². The number of benzene rings is 2. The highest BCUT2D eigenvalue weighted by Gasteiger charge is 2.38. The van der Waals surface area contributed by atoms with E-state index >= 15 is 0 Å². The summed E-state index contributed by atoms with van der Waals surface area (Å²) < 4.78 is 0. The second kappa shape index (κ2) is 5.29. The number of hydrogen-bond donors (Lipinski definition) is 0. The van der Waals surface area contributed by atoms with Crippen LogP contribution in [0.15, 0.2) is 60.3 Å². The Hall–Kier alpha value is -2.06. The highest BCUT2D eigenvalue weighted by molar-refractivity contribution is 6.30. The number of hydrogen-bond acceptors (Lipinski definition) is 2. The summed E-state index contributed by atoms with van der Waals surface area (Å²) in [5, 5.41) is 0.634. The number of para-hydroxylation sites is 1. The molecule has 1 heterocycles. The molecule has 0 radical (unpaired) electrons. The largest absolute Gasteiger partial charge is 0.347 e. The summed E-state index contributed by atoms with van der Waals surface area (Å²) >= 11 is 5.88. The van der Waals surface area contributed by atoms with Gasteiger partial charge in [0, 0.05) is 40.5 Å². The van der Waals surface area contributed by atoms with Gasteiger partial charge in [-0.15, -0.1) is 0 Å². The molecule has 1 aliphatic rings. The van der Waals surface area contributed by atoms with E-state index in [4.69, 9.17) is 11.6 Å². The van der Waals surface area contributed by atoms with Crippen LogP contribution in [0.5, 0.6) is 0 Å². The van der Waals surface area contributed by atoms with E-state index in [1.54, 1.807) is 30.3 Å². The van der Waals surface area contributed by atoms with Gasteiger partial charge < -0.3 is 4.90 Å². The summed E-state index contributed by atoms with van der Waals surface area (Å²) in [5.74, 6) is -0.000558. The highest BCUT2D eigenvalue weighted by atomic mass is 35.5. The maximum atomic E-state index is 12.6. The molecule has 0 spiro atoms. The maximum Gasteiger partial charge on any atom is 0.187 e. The van der Waals surface area contributed by atoms with Gasteiger partial charge in [0.25, 0.3) is 0 Å². The molecular formula is C19H18ClNO. The Morgan fingerprint density at radius 1 is 1.09 bits per heavy atom. The van der Waals surface area contributed by atoms with Crippen molar-refractivity contribution < 1.29 is 4.79 Å². The van der Waals surface area contributed by atoms with Crippen molar-refractivity contribution in [3.8, 4) is 0 Å². The molecule has 0 saturated heterocycles. The minimum Gasteiger partial charge on any atom is -0.347 e. The molecule has 0 atom stereocenters. The zero-order chi connectivity index (χ0) is 15.9. The van der Waals surface area contributed by atoms with Crippen molar-refractivity contribution >= 4 is 23.1 Å². The standard InChI is InChI=1S/C19H18ClNO/c1-19(2)15-6-4-5-7-16(15)21(3)18(19)12-17(22)13-8-10-14(20)11-9-13/h4-12H,1-3H3/b18-12+. The second-order valence-corrected chi connectivity index (χ2v) is 6.54. The van der Waals surface area contributed by atoms with Crippen LogP contribution in [0.2, 0.25) is 5.02 Å². The molecular weight excluding hydrogens is 294 g/mol. The molecule has 0 amide bonds. The fourth-order valence-corrected chi connectivity index (χ4v) is 3.21. The van der Waals surface area contributed by atoms with Crippen LogP contribution < -0.4 is 4.90 Å². The topological polar surface area (TPSA) is 20.3 Å². The summed E-state index contributed by atoms with van der Waals surface area (Å²) in [6.07, 6.45) is 1.74. The van der Waals surface area contributed by atoms with Crippen molar-refractivity contribution in [3.63, 3.8) is 0 Å². The third-order valence-corrected chi connectivity index (χ3v) is 4.59. The highest BCUT2D eigenvalue weighted by Crippen LogP contribution is 2.46. The first kappa shape index (κ1) is 14.9. The van der Waals surface area contributed by atoms with E-state index in [9.17, 15) is 4.79 Å². The van der Waals surface area contributed by atoms with Gasteiger partial charge in [-0.3, -0.25) is 4.79 Å². The molecule has 3 heteroatoms. The van der Waals surface area contributed by atoms with Gasteiger partial charge in [0.05, 0.1) is 0 Å². The van der Waals surface area contributed by atoms with Crippen LogP contribution in [0.1, 0.15) is 29.8 Å². The van der Waals surface area contributed by atoms with Gasteiger partial charge >= 0.3 is 0 Å². The van der Waals surface area contributed by atoms with Crippen molar-refractivity contribution in [2.24, 2.45) is 0 Å². The minimum absolute atomic E-state index is 0.000558. The molecule has 2 nitrogen and oxygen atoms in total. The zero-order valence-electron chi connectivity index (χ0n) is 12.9. The Labute approximate surface area is 136 Å². The van der Waals surface area contributed by atoms with Crippen molar-refractivity contribution in [1.29, 1.82) is 0 Å². The summed E-state index contributed by atoms with van der Waals surface area (Å²) in [6.45, 7) is 4.30. The van der Waals surface area contributed by atoms with Crippen LogP contribution in [-0.2, 0) is 5.41 Å². The monoisotopic (exact) mass is 311 g/mol. The summed E-state index contributed by atoms with van der Waals surface area (Å²) in [6, 6.07) is 15.3. The van der Waals surface area contributed by atoms with Crippen LogP contribution in [0.25, 0.3) is 0 Å². The molecule has 0 saturated carbocycles. The number of nitrogens with zero attached hydrogens (tertiary/aromatic N) is 1. The third-order valence-electron chi connectivity index (χ3n) is 4.34. The molecule has 0 unspecified atom stereocenters. The summed E-state index contributed by atoms with van der Waals surface area (Å²) in [4.78, 5) is 14.7. The number of anilines is 1. The van der Waals surface area contributed by atoms with Crippen LogP contribution in [0, 0.1) is 0 Å². The van der Waals surface area contributed by atoms with E-state index in [1.807, 2.05) is 19.2 Å². The number of ketones is 1. The van der Waals surface area contributed by atoms with Crippen LogP contribution >= 0.6 is 11.6 Å². The molecule has 2 aromatic carbocycles. The molecule has 22 heavy (non-hydrogen) atoms. The minimum atomic E-state index is -0.187. The number of carbonyl (C=O) groups is 1. The lowest BCUT2D eigenvalue weighted by Gasteiger charge is -2.24. The molecule has 0 bridgehead atoms. The van der Waals surface area contributed by atoms with Crippen molar-refractivity contribution in [2.75, 3.05) is 11.9 Å². The average molecular weight is 312 g/mol. The number of fused-ring (bicyclic) bond motifs is 1. The molecule has 3 rings (SSSR count). The lowest BCUT2D eigenvalue weighted by atomic mass is 9.83. The van der Waals surface area contributed by atoms with Gasteiger partial charge in [-0.1, -0.05) is 43.6 Å². The van der Waals surface area contributed by atoms with Crippen molar-refractivity contribution in [1.82, 2.24) is 0 Å². The number of allylic oxidation sites excluding steroid dienone is 2. The molecule has 1 aliphatic heterocycles. The first-order valence-electron chi connectivity index (χ1n) is 7.26. The quantitative estimate of drug-likeness (QED) is 0.584. The Balaban J connectivity index is 2.01. The molecule has 0 aliphatic carbocycles. The molecule has 112 valence electrons. The predicted octanol–water partition coefficient (Wildman–Crippen LogP) is 4.83. The maximum absolute atomic E-state index is 12.6. The van der Waals surface area contributed by atoms with Gasteiger partial charge in [-0.05, 0) is 35.9 Å². The number of carbonyl (C=O) groups excluding carboxylic acids is 1. The molecule has 0 fully saturated rings. The van der Waals surface area contributed by atoms with Gasteiger partial charge in [-0.2, -0.15) is 0 Å². The summed E-state index contributed by atoms with van der Waals surface area (Å²) in [7, 11) is 2.01. The lowest BCUT2D eigenvalue weighted by molar-refractivity contribution is 0.104. The van der Waals surface area contributed by atoms with Gasteiger partial charge in [0.1, 0.15) is 0 Å². The fourth-order valence-electron chi connectivity index (χ4n) is 3.08. The number of rotatable bonds is 2. The van der Waals surface area contributed by atoms with Gasteiger partial charge in [-0.25, -0.2) is 0 Å².